The minimum absolute atomic E-state index is 0.120. The summed E-state index contributed by atoms with van der Waals surface area (Å²) in [7, 11) is 0. The highest BCUT2D eigenvalue weighted by atomic mass is 35.5. The van der Waals surface area contributed by atoms with Crippen molar-refractivity contribution in [2.75, 3.05) is 19.6 Å². The first-order valence-electron chi connectivity index (χ1n) is 7.00. The standard InChI is InChI=1S/C16H24ClN/c1-12-5-4-8-18(10-12)11-16(17)15-7-6-13(2)14(3)9-15/h6-7,9,12,16H,4-5,8,10-11H2,1-3H3. The highest BCUT2D eigenvalue weighted by Crippen LogP contribution is 2.26. The Morgan fingerprint density at radius 2 is 2.11 bits per heavy atom. The molecule has 0 radical (unpaired) electrons. The number of aryl methyl sites for hydroxylation is 2. The van der Waals surface area contributed by atoms with Crippen LogP contribution >= 0.6 is 11.6 Å². The zero-order valence-electron chi connectivity index (χ0n) is 11.7. The van der Waals surface area contributed by atoms with Crippen molar-refractivity contribution in [3.8, 4) is 0 Å². The quantitative estimate of drug-likeness (QED) is 0.736. The van der Waals surface area contributed by atoms with Gasteiger partial charge in [0, 0.05) is 13.1 Å². The maximum absolute atomic E-state index is 6.57. The van der Waals surface area contributed by atoms with Crippen LogP contribution in [0.5, 0.6) is 0 Å². The Kier molecular flexibility index (Phi) is 4.69. The van der Waals surface area contributed by atoms with Gasteiger partial charge < -0.3 is 4.90 Å². The van der Waals surface area contributed by atoms with Crippen LogP contribution in [0.4, 0.5) is 0 Å². The van der Waals surface area contributed by atoms with Gasteiger partial charge in [-0.15, -0.1) is 11.6 Å². The van der Waals surface area contributed by atoms with E-state index in [2.05, 4.69) is 43.9 Å². The van der Waals surface area contributed by atoms with Crippen molar-refractivity contribution >= 4 is 11.6 Å². The number of alkyl halides is 1. The summed E-state index contributed by atoms with van der Waals surface area (Å²) >= 11 is 6.57. The van der Waals surface area contributed by atoms with Crippen LogP contribution < -0.4 is 0 Å². The number of halogens is 1. The van der Waals surface area contributed by atoms with E-state index >= 15 is 0 Å². The predicted molar refractivity (Wildman–Crippen MR) is 79.3 cm³/mol. The lowest BCUT2D eigenvalue weighted by Gasteiger charge is -2.32. The fraction of sp³-hybridized carbons (Fsp3) is 0.625. The summed E-state index contributed by atoms with van der Waals surface area (Å²) in [6.45, 7) is 10.0. The topological polar surface area (TPSA) is 3.24 Å². The molecule has 0 amide bonds. The Morgan fingerprint density at radius 3 is 2.78 bits per heavy atom. The average molecular weight is 266 g/mol. The molecule has 18 heavy (non-hydrogen) atoms. The van der Waals surface area contributed by atoms with E-state index < -0.39 is 0 Å². The second-order valence-corrected chi connectivity index (χ2v) is 6.35. The lowest BCUT2D eigenvalue weighted by molar-refractivity contribution is 0.184. The van der Waals surface area contributed by atoms with Crippen LogP contribution in [0.3, 0.4) is 0 Å². The zero-order valence-corrected chi connectivity index (χ0v) is 12.5. The third kappa shape index (κ3) is 3.49. The van der Waals surface area contributed by atoms with E-state index in [1.54, 1.807) is 0 Å². The summed E-state index contributed by atoms with van der Waals surface area (Å²) in [5.74, 6) is 0.822. The lowest BCUT2D eigenvalue weighted by atomic mass is 9.99. The number of piperidine rings is 1. The number of rotatable bonds is 3. The molecule has 1 saturated heterocycles. The molecule has 0 spiro atoms. The average Bonchev–Trinajstić information content (AvgIpc) is 2.32. The maximum Gasteiger partial charge on any atom is 0.0712 e. The number of hydrogen-bond donors (Lipinski definition) is 0. The van der Waals surface area contributed by atoms with E-state index in [-0.39, 0.29) is 5.38 Å². The number of hydrogen-bond acceptors (Lipinski definition) is 1. The minimum Gasteiger partial charge on any atom is -0.301 e. The van der Waals surface area contributed by atoms with E-state index in [1.807, 2.05) is 0 Å². The Balaban J connectivity index is 1.98. The number of benzene rings is 1. The van der Waals surface area contributed by atoms with E-state index in [9.17, 15) is 0 Å². The van der Waals surface area contributed by atoms with Gasteiger partial charge in [-0.05, 0) is 55.8 Å². The van der Waals surface area contributed by atoms with Crippen LogP contribution in [0.15, 0.2) is 18.2 Å². The molecule has 1 aromatic rings. The van der Waals surface area contributed by atoms with E-state index in [1.165, 1.54) is 42.6 Å². The molecule has 0 aliphatic carbocycles. The van der Waals surface area contributed by atoms with Gasteiger partial charge in [0.25, 0.3) is 0 Å². The van der Waals surface area contributed by atoms with Gasteiger partial charge in [-0.3, -0.25) is 0 Å². The van der Waals surface area contributed by atoms with Crippen molar-refractivity contribution < 1.29 is 0 Å². The van der Waals surface area contributed by atoms with Crippen molar-refractivity contribution in [2.45, 2.75) is 39.0 Å². The Labute approximate surface area is 116 Å². The fourth-order valence-corrected chi connectivity index (χ4v) is 3.07. The Morgan fingerprint density at radius 1 is 1.33 bits per heavy atom. The van der Waals surface area contributed by atoms with Gasteiger partial charge in [0.05, 0.1) is 5.38 Å². The lowest BCUT2D eigenvalue weighted by Crippen LogP contribution is -2.36. The van der Waals surface area contributed by atoms with Gasteiger partial charge in [0.2, 0.25) is 0 Å². The van der Waals surface area contributed by atoms with Crippen molar-refractivity contribution in [3.05, 3.63) is 34.9 Å². The molecule has 0 aromatic heterocycles. The highest BCUT2D eigenvalue weighted by molar-refractivity contribution is 6.21. The van der Waals surface area contributed by atoms with Gasteiger partial charge in [0.15, 0.2) is 0 Å². The molecule has 1 aliphatic rings. The monoisotopic (exact) mass is 265 g/mol. The predicted octanol–water partition coefficient (Wildman–Crippen LogP) is 4.32. The largest absolute Gasteiger partial charge is 0.301 e. The normalized spacial score (nSPS) is 23.0. The molecule has 1 fully saturated rings. The van der Waals surface area contributed by atoms with Gasteiger partial charge in [-0.25, -0.2) is 0 Å². The van der Waals surface area contributed by atoms with E-state index in [0.29, 0.717) is 0 Å². The van der Waals surface area contributed by atoms with Crippen molar-refractivity contribution in [3.63, 3.8) is 0 Å². The van der Waals surface area contributed by atoms with Gasteiger partial charge in [-0.1, -0.05) is 25.1 Å². The molecule has 100 valence electrons. The summed E-state index contributed by atoms with van der Waals surface area (Å²) in [5, 5.41) is 0.120. The Bertz CT molecular complexity index is 402. The minimum atomic E-state index is 0.120. The molecule has 2 atom stereocenters. The molecule has 0 saturated carbocycles. The van der Waals surface area contributed by atoms with Crippen molar-refractivity contribution in [2.24, 2.45) is 5.92 Å². The van der Waals surface area contributed by atoms with Crippen molar-refractivity contribution in [1.82, 2.24) is 4.90 Å². The van der Waals surface area contributed by atoms with E-state index in [4.69, 9.17) is 11.6 Å². The van der Waals surface area contributed by atoms with Gasteiger partial charge in [0.1, 0.15) is 0 Å². The second kappa shape index (κ2) is 6.08. The highest BCUT2D eigenvalue weighted by Gasteiger charge is 2.19. The molecule has 0 bridgehead atoms. The van der Waals surface area contributed by atoms with Gasteiger partial charge >= 0.3 is 0 Å². The fourth-order valence-electron chi connectivity index (χ4n) is 2.74. The van der Waals surface area contributed by atoms with Crippen LogP contribution in [-0.2, 0) is 0 Å². The third-order valence-corrected chi connectivity index (χ3v) is 4.44. The molecular weight excluding hydrogens is 242 g/mol. The molecule has 1 aliphatic heterocycles. The van der Waals surface area contributed by atoms with E-state index in [0.717, 1.165) is 12.5 Å². The summed E-state index contributed by atoms with van der Waals surface area (Å²) in [5.41, 5.74) is 3.94. The van der Waals surface area contributed by atoms with Crippen LogP contribution in [0.2, 0.25) is 0 Å². The number of nitrogens with zero attached hydrogens (tertiary/aromatic N) is 1. The number of likely N-dealkylation sites (tertiary alicyclic amines) is 1. The summed E-state index contributed by atoms with van der Waals surface area (Å²) < 4.78 is 0. The molecule has 0 N–H and O–H groups in total. The maximum atomic E-state index is 6.57. The molecule has 1 aromatic carbocycles. The Hall–Kier alpha value is -0.530. The molecular formula is C16H24ClN. The second-order valence-electron chi connectivity index (χ2n) is 5.82. The van der Waals surface area contributed by atoms with Gasteiger partial charge in [-0.2, -0.15) is 0 Å². The zero-order chi connectivity index (χ0) is 13.1. The third-order valence-electron chi connectivity index (χ3n) is 4.05. The molecule has 2 heteroatoms. The molecule has 1 nitrogen and oxygen atoms in total. The molecule has 2 rings (SSSR count). The van der Waals surface area contributed by atoms with Crippen LogP contribution in [0.1, 0.15) is 41.8 Å². The molecule has 1 heterocycles. The smallest absolute Gasteiger partial charge is 0.0712 e. The summed E-state index contributed by atoms with van der Waals surface area (Å²) in [6.07, 6.45) is 2.69. The first kappa shape index (κ1) is 13.9. The van der Waals surface area contributed by atoms with Crippen LogP contribution in [0, 0.1) is 19.8 Å². The first-order valence-corrected chi connectivity index (χ1v) is 7.43. The van der Waals surface area contributed by atoms with Crippen LogP contribution in [0.25, 0.3) is 0 Å². The summed E-state index contributed by atoms with van der Waals surface area (Å²) in [4.78, 5) is 2.51. The van der Waals surface area contributed by atoms with Crippen LogP contribution in [-0.4, -0.2) is 24.5 Å². The summed E-state index contributed by atoms with van der Waals surface area (Å²) in [6, 6.07) is 6.59. The SMILES string of the molecule is Cc1ccc(C(Cl)CN2CCCC(C)C2)cc1C. The molecule has 2 unspecified atom stereocenters. The van der Waals surface area contributed by atoms with Crippen molar-refractivity contribution in [1.29, 1.82) is 0 Å². The first-order chi connectivity index (χ1) is 8.56.